The second-order valence-electron chi connectivity index (χ2n) is 9.71. The van der Waals surface area contributed by atoms with Gasteiger partial charge in [-0.1, -0.05) is 35.9 Å². The first-order chi connectivity index (χ1) is 20.8. The number of carbonyl (C=O) groups excluding carboxylic acids is 1. The molecule has 0 spiro atoms. The van der Waals surface area contributed by atoms with E-state index in [0.717, 1.165) is 22.4 Å². The zero-order valence-corrected chi connectivity index (χ0v) is 23.6. The van der Waals surface area contributed by atoms with Gasteiger partial charge in [0.05, 0.1) is 29.8 Å². The number of phenols is 1. The van der Waals surface area contributed by atoms with Gasteiger partial charge in [0.25, 0.3) is 0 Å². The molecule has 0 radical (unpaired) electrons. The van der Waals surface area contributed by atoms with Crippen LogP contribution in [0, 0.1) is 17.1 Å². The normalized spacial score (nSPS) is 13.6. The van der Waals surface area contributed by atoms with Crippen molar-refractivity contribution >= 4 is 29.2 Å². The fraction of sp³-hybridized carbons (Fsp3) is 0.200. The fourth-order valence-electron chi connectivity index (χ4n) is 4.55. The van der Waals surface area contributed by atoms with E-state index in [9.17, 15) is 27.5 Å². The van der Waals surface area contributed by atoms with Crippen LogP contribution in [-0.2, 0) is 22.7 Å². The molecule has 2 heterocycles. The molecule has 4 aromatic rings. The highest BCUT2D eigenvalue weighted by Gasteiger charge is 2.38. The molecule has 3 aromatic carbocycles. The number of piperazine rings is 1. The number of amides is 1. The van der Waals surface area contributed by atoms with Gasteiger partial charge in [-0.2, -0.15) is 18.4 Å². The number of alkyl halides is 3. The monoisotopic (exact) mass is 629 g/mol. The summed E-state index contributed by atoms with van der Waals surface area (Å²) in [5, 5.41) is 26.5. The number of carbonyl (C=O) groups is 2. The molecule has 1 aliphatic rings. The van der Waals surface area contributed by atoms with Crippen molar-refractivity contribution in [3.8, 4) is 22.9 Å². The third-order valence-electron chi connectivity index (χ3n) is 6.64. The van der Waals surface area contributed by atoms with E-state index in [1.165, 1.54) is 12.1 Å². The molecule has 1 aromatic heterocycles. The number of aromatic hydroxyl groups is 1. The van der Waals surface area contributed by atoms with Gasteiger partial charge in [0.2, 0.25) is 5.91 Å². The lowest BCUT2D eigenvalue weighted by atomic mass is 10.0. The Hall–Kier alpha value is -4.93. The summed E-state index contributed by atoms with van der Waals surface area (Å²) in [6.07, 6.45) is -1.66. The number of hydrogen-bond acceptors (Lipinski definition) is 6. The number of carboxylic acid groups (broad SMARTS) is 1. The first-order valence-electron chi connectivity index (χ1n) is 12.9. The molecule has 1 amide bonds. The number of nitriles is 1. The van der Waals surface area contributed by atoms with E-state index in [1.807, 2.05) is 27.7 Å². The quantitative estimate of drug-likeness (QED) is 0.272. The lowest BCUT2D eigenvalue weighted by molar-refractivity contribution is -0.192. The van der Waals surface area contributed by atoms with Crippen molar-refractivity contribution in [2.45, 2.75) is 19.3 Å². The SMILES string of the molecule is N#Cc1ccc(Cn2cncc2CN2CCN(c3cc(Cl)ccc3-c3cccc(O)c3)C(=O)C2)cc1F.O=C(O)C(F)(F)F. The fourth-order valence-corrected chi connectivity index (χ4v) is 4.72. The first kappa shape index (κ1) is 32.0. The molecule has 14 heteroatoms. The number of carboxylic acids is 1. The van der Waals surface area contributed by atoms with E-state index in [0.29, 0.717) is 36.9 Å². The minimum atomic E-state index is -5.08. The number of nitrogens with zero attached hydrogens (tertiary/aromatic N) is 5. The van der Waals surface area contributed by atoms with Crippen molar-refractivity contribution in [2.75, 3.05) is 24.5 Å². The molecule has 1 saturated heterocycles. The van der Waals surface area contributed by atoms with Crippen LogP contribution in [0.1, 0.15) is 16.8 Å². The predicted molar refractivity (Wildman–Crippen MR) is 152 cm³/mol. The van der Waals surface area contributed by atoms with Gasteiger partial charge in [-0.3, -0.25) is 9.69 Å². The Morgan fingerprint density at radius 3 is 2.45 bits per heavy atom. The summed E-state index contributed by atoms with van der Waals surface area (Å²) < 4.78 is 47.7. The average molecular weight is 630 g/mol. The minimum Gasteiger partial charge on any atom is -0.508 e. The third-order valence-corrected chi connectivity index (χ3v) is 6.88. The van der Waals surface area contributed by atoms with Gasteiger partial charge in [-0.05, 0) is 47.5 Å². The van der Waals surface area contributed by atoms with Crippen molar-refractivity contribution in [1.29, 1.82) is 5.26 Å². The van der Waals surface area contributed by atoms with Crippen molar-refractivity contribution in [2.24, 2.45) is 0 Å². The van der Waals surface area contributed by atoms with Crippen LogP contribution in [0.3, 0.4) is 0 Å². The maximum atomic E-state index is 14.0. The summed E-state index contributed by atoms with van der Waals surface area (Å²) in [7, 11) is 0. The van der Waals surface area contributed by atoms with Crippen LogP contribution in [0.25, 0.3) is 11.1 Å². The second kappa shape index (κ2) is 13.6. The highest BCUT2D eigenvalue weighted by molar-refractivity contribution is 6.31. The van der Waals surface area contributed by atoms with Crippen LogP contribution in [0.5, 0.6) is 5.75 Å². The zero-order chi connectivity index (χ0) is 32.0. The summed E-state index contributed by atoms with van der Waals surface area (Å²) in [4.78, 5) is 30.2. The van der Waals surface area contributed by atoms with Crippen LogP contribution in [0.15, 0.2) is 73.2 Å². The molecule has 9 nitrogen and oxygen atoms in total. The Morgan fingerprint density at radius 1 is 1.07 bits per heavy atom. The predicted octanol–water partition coefficient (Wildman–Crippen LogP) is 5.45. The van der Waals surface area contributed by atoms with E-state index in [4.69, 9.17) is 26.8 Å². The van der Waals surface area contributed by atoms with E-state index in [-0.39, 0.29) is 23.8 Å². The van der Waals surface area contributed by atoms with E-state index in [1.54, 1.807) is 53.8 Å². The number of phenolic OH excluding ortho intramolecular Hbond substituents is 1. The van der Waals surface area contributed by atoms with Crippen LogP contribution >= 0.6 is 11.6 Å². The maximum absolute atomic E-state index is 14.0. The molecule has 0 unspecified atom stereocenters. The zero-order valence-electron chi connectivity index (χ0n) is 22.8. The molecule has 44 heavy (non-hydrogen) atoms. The Morgan fingerprint density at radius 2 is 1.82 bits per heavy atom. The summed E-state index contributed by atoms with van der Waals surface area (Å²) in [5.74, 6) is -3.22. The highest BCUT2D eigenvalue weighted by Crippen LogP contribution is 2.35. The molecule has 0 atom stereocenters. The number of imidazole rings is 1. The van der Waals surface area contributed by atoms with Crippen molar-refractivity contribution in [3.05, 3.63) is 101 Å². The number of halogens is 5. The molecule has 0 saturated carbocycles. The van der Waals surface area contributed by atoms with Crippen molar-refractivity contribution in [3.63, 3.8) is 0 Å². The number of hydrogen-bond donors (Lipinski definition) is 2. The Labute approximate surface area is 253 Å². The van der Waals surface area contributed by atoms with Gasteiger partial charge in [0, 0.05) is 43.0 Å². The van der Waals surface area contributed by atoms with E-state index < -0.39 is 18.0 Å². The Bertz CT molecular complexity index is 1720. The number of benzene rings is 3. The Balaban J connectivity index is 0.000000566. The maximum Gasteiger partial charge on any atom is 0.490 e. The largest absolute Gasteiger partial charge is 0.508 e. The first-order valence-corrected chi connectivity index (χ1v) is 13.3. The van der Waals surface area contributed by atoms with Gasteiger partial charge in [0.1, 0.15) is 17.6 Å². The van der Waals surface area contributed by atoms with Gasteiger partial charge >= 0.3 is 12.1 Å². The lowest BCUT2D eigenvalue weighted by Crippen LogP contribution is -2.50. The van der Waals surface area contributed by atoms with E-state index >= 15 is 0 Å². The standard InChI is InChI=1S/C28H23ClFN5O2.C2HF3O2/c29-22-6-7-25(20-2-1-3-24(36)11-20)27(12-22)35-9-8-33(17-28(35)37)16-23-14-32-18-34(23)15-19-4-5-21(13-31)26(30)10-19;3-2(4,5)1(6)7/h1-7,10-12,14,18,36H,8-9,15-17H2;(H,6,7). The summed E-state index contributed by atoms with van der Waals surface area (Å²) >= 11 is 6.29. The minimum absolute atomic E-state index is 0.0120. The number of rotatable bonds is 6. The van der Waals surface area contributed by atoms with E-state index in [2.05, 4.69) is 4.98 Å². The highest BCUT2D eigenvalue weighted by atomic mass is 35.5. The average Bonchev–Trinajstić information content (AvgIpc) is 3.39. The van der Waals surface area contributed by atoms with Gasteiger partial charge in [0.15, 0.2) is 0 Å². The van der Waals surface area contributed by atoms with Crippen LogP contribution in [0.4, 0.5) is 23.2 Å². The van der Waals surface area contributed by atoms with Crippen molar-refractivity contribution in [1.82, 2.24) is 14.5 Å². The van der Waals surface area contributed by atoms with Gasteiger partial charge < -0.3 is 19.7 Å². The summed E-state index contributed by atoms with van der Waals surface area (Å²) in [6.45, 7) is 2.23. The second-order valence-corrected chi connectivity index (χ2v) is 10.1. The molecule has 1 fully saturated rings. The molecular formula is C30H24ClF4N5O4. The molecule has 0 bridgehead atoms. The molecule has 1 aliphatic heterocycles. The number of anilines is 1. The molecular weight excluding hydrogens is 606 g/mol. The van der Waals surface area contributed by atoms with Gasteiger partial charge in [-0.15, -0.1) is 0 Å². The topological polar surface area (TPSA) is 123 Å². The van der Waals surface area contributed by atoms with Gasteiger partial charge in [-0.25, -0.2) is 14.2 Å². The number of aliphatic carboxylic acids is 1. The summed E-state index contributed by atoms with van der Waals surface area (Å²) in [5.41, 5.74) is 3.94. The molecule has 2 N–H and O–H groups in total. The lowest BCUT2D eigenvalue weighted by Gasteiger charge is -2.35. The summed E-state index contributed by atoms with van der Waals surface area (Å²) in [6, 6.07) is 18.7. The molecule has 5 rings (SSSR count). The Kier molecular flexibility index (Phi) is 9.87. The smallest absolute Gasteiger partial charge is 0.490 e. The number of aromatic nitrogens is 2. The van der Waals surface area contributed by atoms with Crippen molar-refractivity contribution < 1.29 is 37.4 Å². The van der Waals surface area contributed by atoms with Crippen LogP contribution in [0.2, 0.25) is 5.02 Å². The van der Waals surface area contributed by atoms with Crippen LogP contribution in [-0.4, -0.2) is 62.4 Å². The third kappa shape index (κ3) is 7.91. The van der Waals surface area contributed by atoms with Crippen LogP contribution < -0.4 is 4.90 Å². The molecule has 0 aliphatic carbocycles. The molecule has 228 valence electrons.